The van der Waals surface area contributed by atoms with E-state index in [1.165, 1.54) is 6.07 Å². The van der Waals surface area contributed by atoms with Crippen LogP contribution in [0, 0.1) is 5.82 Å². The summed E-state index contributed by atoms with van der Waals surface area (Å²) in [7, 11) is -4.04. The molecule has 2 N–H and O–H groups in total. The average Bonchev–Trinajstić information content (AvgIpc) is 2.39. The van der Waals surface area contributed by atoms with E-state index in [0.717, 1.165) is 6.07 Å². The zero-order chi connectivity index (χ0) is 16.3. The normalized spacial score (nSPS) is 12.7. The fourth-order valence-corrected chi connectivity index (χ4v) is 3.72. The van der Waals surface area contributed by atoms with Crippen molar-refractivity contribution in [3.8, 4) is 0 Å². The van der Waals surface area contributed by atoms with Crippen molar-refractivity contribution >= 4 is 26.0 Å². The zero-order valence-corrected chi connectivity index (χ0v) is 14.5. The summed E-state index contributed by atoms with van der Waals surface area (Å²) in [5.74, 6) is -0.956. The molecule has 0 radical (unpaired) electrons. The second-order valence-corrected chi connectivity index (χ2v) is 7.70. The van der Waals surface area contributed by atoms with Gasteiger partial charge in [0.25, 0.3) is 0 Å². The molecule has 120 valence electrons. The summed E-state index contributed by atoms with van der Waals surface area (Å²) in [5.41, 5.74) is -0.793. The van der Waals surface area contributed by atoms with Gasteiger partial charge in [-0.25, -0.2) is 17.5 Å². The quantitative estimate of drug-likeness (QED) is 0.756. The maximum atomic E-state index is 14.1. The van der Waals surface area contributed by atoms with Gasteiger partial charge in [0.15, 0.2) is 0 Å². The summed E-state index contributed by atoms with van der Waals surface area (Å²) >= 11 is 3.10. The molecule has 0 unspecified atom stereocenters. The molecule has 0 aliphatic rings. The number of aliphatic hydroxyl groups is 1. The molecule has 0 saturated heterocycles. The Morgan fingerprint density at radius 3 is 2.57 bits per heavy atom. The molecule has 0 amide bonds. The highest BCUT2D eigenvalue weighted by atomic mass is 79.9. The highest BCUT2D eigenvalue weighted by Gasteiger charge is 2.26. The molecular formula is C13H19BrFNO4S. The van der Waals surface area contributed by atoms with Crippen molar-refractivity contribution in [2.45, 2.75) is 37.9 Å². The van der Waals surface area contributed by atoms with Crippen molar-refractivity contribution in [1.82, 2.24) is 4.72 Å². The number of nitrogens with one attached hydrogen (secondary N) is 1. The topological polar surface area (TPSA) is 75.6 Å². The standard InChI is InChI=1S/C13H19BrFNO4S/c1-4-20-13(2,3)8-16-21(18,19)11-6-10(14)5-9(7-17)12(11)15/h5-6,16-17H,4,7-8H2,1-3H3. The largest absolute Gasteiger partial charge is 0.392 e. The zero-order valence-electron chi connectivity index (χ0n) is 12.1. The summed E-state index contributed by atoms with van der Waals surface area (Å²) in [6, 6.07) is 2.49. The van der Waals surface area contributed by atoms with E-state index in [2.05, 4.69) is 20.7 Å². The number of aliphatic hydroxyl groups excluding tert-OH is 1. The summed E-state index contributed by atoms with van der Waals surface area (Å²) in [6.07, 6.45) is 0. The predicted molar refractivity (Wildman–Crippen MR) is 80.9 cm³/mol. The lowest BCUT2D eigenvalue weighted by Crippen LogP contribution is -2.40. The molecule has 1 aromatic rings. The van der Waals surface area contributed by atoms with Crippen molar-refractivity contribution in [1.29, 1.82) is 0 Å². The van der Waals surface area contributed by atoms with E-state index in [0.29, 0.717) is 11.1 Å². The Balaban J connectivity index is 3.06. The van der Waals surface area contributed by atoms with Crippen molar-refractivity contribution in [2.75, 3.05) is 13.2 Å². The van der Waals surface area contributed by atoms with Gasteiger partial charge in [0.1, 0.15) is 10.7 Å². The fraction of sp³-hybridized carbons (Fsp3) is 0.538. The third-order valence-corrected chi connectivity index (χ3v) is 4.62. The molecule has 21 heavy (non-hydrogen) atoms. The van der Waals surface area contributed by atoms with Gasteiger partial charge >= 0.3 is 0 Å². The first-order valence-corrected chi connectivity index (χ1v) is 8.63. The molecule has 0 aliphatic carbocycles. The maximum absolute atomic E-state index is 14.1. The van der Waals surface area contributed by atoms with Gasteiger partial charge in [0.05, 0.1) is 12.2 Å². The number of hydrogen-bond donors (Lipinski definition) is 2. The molecule has 0 bridgehead atoms. The van der Waals surface area contributed by atoms with E-state index in [4.69, 9.17) is 9.84 Å². The first kappa shape index (κ1) is 18.5. The van der Waals surface area contributed by atoms with Crippen LogP contribution in [0.5, 0.6) is 0 Å². The molecule has 5 nitrogen and oxygen atoms in total. The molecule has 1 aromatic carbocycles. The highest BCUT2D eigenvalue weighted by molar-refractivity contribution is 9.10. The van der Waals surface area contributed by atoms with Gasteiger partial charge in [-0.15, -0.1) is 0 Å². The first-order valence-electron chi connectivity index (χ1n) is 6.35. The van der Waals surface area contributed by atoms with Crippen molar-refractivity contribution in [3.63, 3.8) is 0 Å². The Morgan fingerprint density at radius 2 is 2.05 bits per heavy atom. The predicted octanol–water partition coefficient (Wildman–Crippen LogP) is 2.17. The van der Waals surface area contributed by atoms with Crippen LogP contribution >= 0.6 is 15.9 Å². The minimum atomic E-state index is -4.04. The fourth-order valence-electron chi connectivity index (χ4n) is 1.72. The van der Waals surface area contributed by atoms with E-state index in [1.54, 1.807) is 20.8 Å². The third kappa shape index (κ3) is 5.00. The van der Waals surface area contributed by atoms with E-state index in [-0.39, 0.29) is 12.1 Å². The molecule has 0 spiro atoms. The molecular weight excluding hydrogens is 365 g/mol. The van der Waals surface area contributed by atoms with Crippen LogP contribution < -0.4 is 4.72 Å². The van der Waals surface area contributed by atoms with Gasteiger partial charge < -0.3 is 9.84 Å². The van der Waals surface area contributed by atoms with Gasteiger partial charge in [0.2, 0.25) is 10.0 Å². The average molecular weight is 384 g/mol. The summed E-state index contributed by atoms with van der Waals surface area (Å²) < 4.78 is 46.6. The van der Waals surface area contributed by atoms with Crippen LogP contribution in [-0.4, -0.2) is 32.3 Å². The van der Waals surface area contributed by atoms with Crippen LogP contribution in [0.4, 0.5) is 4.39 Å². The lowest BCUT2D eigenvalue weighted by molar-refractivity contribution is -0.00516. The molecule has 0 saturated carbocycles. The summed E-state index contributed by atoms with van der Waals surface area (Å²) in [4.78, 5) is -0.506. The third-order valence-electron chi connectivity index (χ3n) is 2.76. The van der Waals surface area contributed by atoms with Crippen LogP contribution in [-0.2, 0) is 21.4 Å². The van der Waals surface area contributed by atoms with Gasteiger partial charge in [-0.2, -0.15) is 0 Å². The Labute approximate surface area is 132 Å². The Hall–Kier alpha value is -0.540. The van der Waals surface area contributed by atoms with Gasteiger partial charge in [-0.3, -0.25) is 0 Å². The second-order valence-electron chi connectivity index (χ2n) is 5.05. The minimum Gasteiger partial charge on any atom is -0.392 e. The van der Waals surface area contributed by atoms with Crippen LogP contribution in [0.3, 0.4) is 0 Å². The minimum absolute atomic E-state index is 0.00356. The smallest absolute Gasteiger partial charge is 0.243 e. The number of rotatable bonds is 7. The van der Waals surface area contributed by atoms with E-state index < -0.39 is 32.9 Å². The number of hydrogen-bond acceptors (Lipinski definition) is 4. The van der Waals surface area contributed by atoms with Crippen molar-refractivity contribution < 1.29 is 22.7 Å². The van der Waals surface area contributed by atoms with E-state index in [9.17, 15) is 12.8 Å². The van der Waals surface area contributed by atoms with Gasteiger partial charge in [-0.1, -0.05) is 15.9 Å². The SMILES string of the molecule is CCOC(C)(C)CNS(=O)(=O)c1cc(Br)cc(CO)c1F. The number of ether oxygens (including phenoxy) is 1. The molecule has 0 aliphatic heterocycles. The molecule has 8 heteroatoms. The Bertz CT molecular complexity index is 604. The Kier molecular flexibility index (Phi) is 6.30. The van der Waals surface area contributed by atoms with Gasteiger partial charge in [0, 0.05) is 23.2 Å². The molecule has 0 aromatic heterocycles. The van der Waals surface area contributed by atoms with Crippen LogP contribution in [0.15, 0.2) is 21.5 Å². The maximum Gasteiger partial charge on any atom is 0.243 e. The van der Waals surface area contributed by atoms with Crippen LogP contribution in [0.1, 0.15) is 26.3 Å². The number of halogens is 2. The van der Waals surface area contributed by atoms with Crippen molar-refractivity contribution in [2.24, 2.45) is 0 Å². The lowest BCUT2D eigenvalue weighted by atomic mass is 10.1. The molecule has 0 heterocycles. The Morgan fingerprint density at radius 1 is 1.43 bits per heavy atom. The number of sulfonamides is 1. The van der Waals surface area contributed by atoms with E-state index in [1.807, 2.05) is 0 Å². The van der Waals surface area contributed by atoms with Crippen LogP contribution in [0.2, 0.25) is 0 Å². The lowest BCUT2D eigenvalue weighted by Gasteiger charge is -2.25. The summed E-state index contributed by atoms with van der Waals surface area (Å²) in [5, 5.41) is 9.07. The first-order chi connectivity index (χ1) is 9.63. The molecule has 0 atom stereocenters. The molecule has 0 fully saturated rings. The monoisotopic (exact) mass is 383 g/mol. The van der Waals surface area contributed by atoms with Crippen molar-refractivity contribution in [3.05, 3.63) is 28.0 Å². The van der Waals surface area contributed by atoms with E-state index >= 15 is 0 Å². The summed E-state index contributed by atoms with van der Waals surface area (Å²) in [6.45, 7) is 5.12. The van der Waals surface area contributed by atoms with Gasteiger partial charge in [-0.05, 0) is 32.9 Å². The second kappa shape index (κ2) is 7.15. The van der Waals surface area contributed by atoms with Crippen LogP contribution in [0.25, 0.3) is 0 Å². The molecule has 1 rings (SSSR count). The highest BCUT2D eigenvalue weighted by Crippen LogP contribution is 2.24. The number of benzene rings is 1.